The minimum absolute atomic E-state index is 0.528. The number of hydrogen-bond donors (Lipinski definition) is 0. The summed E-state index contributed by atoms with van der Waals surface area (Å²) in [4.78, 5) is 0. The van der Waals surface area contributed by atoms with Crippen LogP contribution in [0.15, 0.2) is 24.4 Å². The molecule has 0 unspecified atom stereocenters. The maximum atomic E-state index is 2.38. The van der Waals surface area contributed by atoms with Crippen molar-refractivity contribution in [1.82, 2.24) is 4.57 Å². The molecule has 0 aliphatic rings. The Kier molecular flexibility index (Phi) is 3.29. The Hall–Kier alpha value is -0.890. The van der Waals surface area contributed by atoms with Gasteiger partial charge in [-0.1, -0.05) is 12.1 Å². The van der Waals surface area contributed by atoms with Gasteiger partial charge in [0, 0.05) is 28.9 Å². The summed E-state index contributed by atoms with van der Waals surface area (Å²) in [5.41, 5.74) is 4.23. The molecule has 0 amide bonds. The number of fused-ring (bicyclic) bond motifs is 1. The lowest BCUT2D eigenvalue weighted by atomic mass is 10.1. The van der Waals surface area contributed by atoms with E-state index in [1.165, 1.54) is 22.0 Å². The zero-order valence-electron chi connectivity index (χ0n) is 10.4. The van der Waals surface area contributed by atoms with Crippen LogP contribution in [0.1, 0.15) is 31.0 Å². The van der Waals surface area contributed by atoms with E-state index in [0.29, 0.717) is 6.04 Å². The van der Waals surface area contributed by atoms with Gasteiger partial charge in [-0.2, -0.15) is 11.8 Å². The summed E-state index contributed by atoms with van der Waals surface area (Å²) in [5.74, 6) is 1.10. The second kappa shape index (κ2) is 4.54. The van der Waals surface area contributed by atoms with Crippen molar-refractivity contribution in [3.05, 3.63) is 35.5 Å². The SMILES string of the molecule is CSCc1cn(C(C)C)c2cccc(C)c12. The van der Waals surface area contributed by atoms with Gasteiger partial charge in [0.15, 0.2) is 0 Å². The number of aryl methyl sites for hydroxylation is 1. The van der Waals surface area contributed by atoms with Gasteiger partial charge < -0.3 is 4.57 Å². The van der Waals surface area contributed by atoms with E-state index in [-0.39, 0.29) is 0 Å². The Balaban J connectivity index is 2.71. The van der Waals surface area contributed by atoms with Crippen LogP contribution in [0.25, 0.3) is 10.9 Å². The van der Waals surface area contributed by atoms with Crippen molar-refractivity contribution in [2.24, 2.45) is 0 Å². The molecule has 0 radical (unpaired) electrons. The number of rotatable bonds is 3. The monoisotopic (exact) mass is 233 g/mol. The normalized spacial score (nSPS) is 11.6. The van der Waals surface area contributed by atoms with Gasteiger partial charge in [-0.3, -0.25) is 0 Å². The summed E-state index contributed by atoms with van der Waals surface area (Å²) >= 11 is 1.89. The van der Waals surface area contributed by atoms with E-state index < -0.39 is 0 Å². The Morgan fingerprint density at radius 3 is 2.69 bits per heavy atom. The van der Waals surface area contributed by atoms with Gasteiger partial charge in [0.2, 0.25) is 0 Å². The van der Waals surface area contributed by atoms with Gasteiger partial charge >= 0.3 is 0 Å². The van der Waals surface area contributed by atoms with Gasteiger partial charge in [-0.15, -0.1) is 0 Å². The third-order valence-corrected chi connectivity index (χ3v) is 3.60. The van der Waals surface area contributed by atoms with E-state index in [0.717, 1.165) is 5.75 Å². The number of thioether (sulfide) groups is 1. The molecule has 1 aromatic carbocycles. The largest absolute Gasteiger partial charge is 0.345 e. The van der Waals surface area contributed by atoms with Crippen LogP contribution in [-0.2, 0) is 5.75 Å². The minimum Gasteiger partial charge on any atom is -0.345 e. The number of hydrogen-bond acceptors (Lipinski definition) is 1. The van der Waals surface area contributed by atoms with Crippen molar-refractivity contribution < 1.29 is 0 Å². The topological polar surface area (TPSA) is 4.93 Å². The predicted octanol–water partition coefficient (Wildman–Crippen LogP) is 4.39. The molecular weight excluding hydrogens is 214 g/mol. The first-order valence-corrected chi connectivity index (χ1v) is 7.12. The molecular formula is C14H19NS. The van der Waals surface area contributed by atoms with E-state index in [2.05, 4.69) is 56.0 Å². The summed E-state index contributed by atoms with van der Waals surface area (Å²) in [5, 5.41) is 1.45. The molecule has 0 saturated heterocycles. The fourth-order valence-corrected chi connectivity index (χ4v) is 2.81. The molecule has 0 N–H and O–H groups in total. The highest BCUT2D eigenvalue weighted by Crippen LogP contribution is 2.29. The second-order valence-corrected chi connectivity index (χ2v) is 5.42. The van der Waals surface area contributed by atoms with E-state index in [1.807, 2.05) is 11.8 Å². The summed E-state index contributed by atoms with van der Waals surface area (Å²) in [6.07, 6.45) is 4.48. The molecule has 16 heavy (non-hydrogen) atoms. The third-order valence-electron chi connectivity index (χ3n) is 3.00. The Morgan fingerprint density at radius 1 is 1.31 bits per heavy atom. The first-order chi connectivity index (χ1) is 7.65. The summed E-state index contributed by atoms with van der Waals surface area (Å²) in [6, 6.07) is 7.11. The Morgan fingerprint density at radius 2 is 2.06 bits per heavy atom. The quantitative estimate of drug-likeness (QED) is 0.761. The minimum atomic E-state index is 0.528. The first-order valence-electron chi connectivity index (χ1n) is 5.73. The molecule has 1 aromatic heterocycles. The van der Waals surface area contributed by atoms with E-state index >= 15 is 0 Å². The van der Waals surface area contributed by atoms with Crippen LogP contribution in [0.2, 0.25) is 0 Å². The van der Waals surface area contributed by atoms with Crippen LogP contribution in [0.5, 0.6) is 0 Å². The smallest absolute Gasteiger partial charge is 0.0488 e. The lowest BCUT2D eigenvalue weighted by Crippen LogP contribution is -1.97. The third kappa shape index (κ3) is 1.86. The number of aromatic nitrogens is 1. The molecule has 2 heteroatoms. The van der Waals surface area contributed by atoms with Crippen molar-refractivity contribution in [2.45, 2.75) is 32.6 Å². The van der Waals surface area contributed by atoms with Gasteiger partial charge in [0.05, 0.1) is 0 Å². The van der Waals surface area contributed by atoms with Gasteiger partial charge in [-0.05, 0) is 44.2 Å². The molecule has 1 nitrogen and oxygen atoms in total. The van der Waals surface area contributed by atoms with Crippen molar-refractivity contribution in [1.29, 1.82) is 0 Å². The highest BCUT2D eigenvalue weighted by atomic mass is 32.2. The zero-order chi connectivity index (χ0) is 11.7. The maximum absolute atomic E-state index is 2.38. The van der Waals surface area contributed by atoms with E-state index in [9.17, 15) is 0 Å². The molecule has 0 saturated carbocycles. The zero-order valence-corrected chi connectivity index (χ0v) is 11.3. The lowest BCUT2D eigenvalue weighted by Gasteiger charge is -2.09. The van der Waals surface area contributed by atoms with Crippen molar-refractivity contribution in [3.8, 4) is 0 Å². The summed E-state index contributed by atoms with van der Waals surface area (Å²) in [6.45, 7) is 6.69. The molecule has 2 rings (SSSR count). The highest BCUT2D eigenvalue weighted by Gasteiger charge is 2.11. The molecule has 0 fully saturated rings. The summed E-state index contributed by atoms with van der Waals surface area (Å²) < 4.78 is 2.38. The maximum Gasteiger partial charge on any atom is 0.0488 e. The first kappa shape index (κ1) is 11.6. The van der Waals surface area contributed by atoms with E-state index in [1.54, 1.807) is 0 Å². The van der Waals surface area contributed by atoms with Crippen LogP contribution in [-0.4, -0.2) is 10.8 Å². The highest BCUT2D eigenvalue weighted by molar-refractivity contribution is 7.97. The van der Waals surface area contributed by atoms with Crippen molar-refractivity contribution in [3.63, 3.8) is 0 Å². The van der Waals surface area contributed by atoms with Crippen LogP contribution >= 0.6 is 11.8 Å². The average molecular weight is 233 g/mol. The Bertz CT molecular complexity index is 497. The lowest BCUT2D eigenvalue weighted by molar-refractivity contribution is 0.621. The number of nitrogens with zero attached hydrogens (tertiary/aromatic N) is 1. The number of benzene rings is 1. The molecule has 86 valence electrons. The van der Waals surface area contributed by atoms with Crippen molar-refractivity contribution in [2.75, 3.05) is 6.26 Å². The Labute approximate surface area is 102 Å². The molecule has 0 bridgehead atoms. The van der Waals surface area contributed by atoms with Crippen LogP contribution in [0, 0.1) is 6.92 Å². The van der Waals surface area contributed by atoms with Crippen molar-refractivity contribution >= 4 is 22.7 Å². The van der Waals surface area contributed by atoms with Crippen LogP contribution < -0.4 is 0 Å². The van der Waals surface area contributed by atoms with Gasteiger partial charge in [0.1, 0.15) is 0 Å². The van der Waals surface area contributed by atoms with Gasteiger partial charge in [0.25, 0.3) is 0 Å². The average Bonchev–Trinajstić information content (AvgIpc) is 2.59. The van der Waals surface area contributed by atoms with Gasteiger partial charge in [-0.25, -0.2) is 0 Å². The van der Waals surface area contributed by atoms with E-state index in [4.69, 9.17) is 0 Å². The fraction of sp³-hybridized carbons (Fsp3) is 0.429. The van der Waals surface area contributed by atoms with Crippen LogP contribution in [0.3, 0.4) is 0 Å². The molecule has 0 aliphatic carbocycles. The molecule has 0 spiro atoms. The second-order valence-electron chi connectivity index (χ2n) is 4.56. The molecule has 0 atom stereocenters. The standard InChI is InChI=1S/C14H19NS/c1-10(2)15-8-12(9-16-4)14-11(3)6-5-7-13(14)15/h5-8,10H,9H2,1-4H3. The van der Waals surface area contributed by atoms with Crippen LogP contribution in [0.4, 0.5) is 0 Å². The summed E-state index contributed by atoms with van der Waals surface area (Å²) in [7, 11) is 0. The molecule has 1 heterocycles. The molecule has 2 aromatic rings. The molecule has 0 aliphatic heterocycles. The predicted molar refractivity (Wildman–Crippen MR) is 74.3 cm³/mol. The fourth-order valence-electron chi connectivity index (χ4n) is 2.28.